The normalized spacial score (nSPS) is 11.2. The van der Waals surface area contributed by atoms with Crippen LogP contribution in [-0.4, -0.2) is 16.3 Å². The molecule has 0 aliphatic carbocycles. The lowest BCUT2D eigenvalue weighted by Gasteiger charge is -1.93. The molecule has 1 heterocycles. The number of nitrogens with zero attached hydrogens (tertiary/aromatic N) is 2. The fraction of sp³-hybridized carbons (Fsp3) is 0.286. The summed E-state index contributed by atoms with van der Waals surface area (Å²) in [7, 11) is 1.89. The maximum Gasteiger partial charge on any atom is 0.0746 e. The summed E-state index contributed by atoms with van der Waals surface area (Å²) in [5.41, 5.74) is 6.35. The Balaban J connectivity index is 2.92. The van der Waals surface area contributed by atoms with Gasteiger partial charge in [-0.05, 0) is 22.0 Å². The molecule has 0 amide bonds. The van der Waals surface area contributed by atoms with Crippen LogP contribution < -0.4 is 5.73 Å². The fourth-order valence-corrected chi connectivity index (χ4v) is 1.27. The molecule has 1 rings (SSSR count). The molecule has 0 atom stereocenters. The minimum atomic E-state index is 0.553. The summed E-state index contributed by atoms with van der Waals surface area (Å²) in [5.74, 6) is 0. The second kappa shape index (κ2) is 3.69. The van der Waals surface area contributed by atoms with E-state index >= 15 is 0 Å². The number of aromatic nitrogens is 2. The lowest BCUT2D eigenvalue weighted by molar-refractivity contribution is 0.759. The predicted octanol–water partition coefficient (Wildman–Crippen LogP) is 1.15. The topological polar surface area (TPSA) is 43.8 Å². The van der Waals surface area contributed by atoms with E-state index in [4.69, 9.17) is 5.73 Å². The van der Waals surface area contributed by atoms with Crippen LogP contribution in [0.1, 0.15) is 5.69 Å². The molecule has 0 spiro atoms. The third-order valence-electron chi connectivity index (χ3n) is 1.35. The lowest BCUT2D eigenvalue weighted by atomic mass is 10.4. The Morgan fingerprint density at radius 2 is 2.55 bits per heavy atom. The summed E-state index contributed by atoms with van der Waals surface area (Å²) in [4.78, 5) is 0. The van der Waals surface area contributed by atoms with E-state index in [0.29, 0.717) is 6.54 Å². The number of hydrogen-bond donors (Lipinski definition) is 1. The van der Waals surface area contributed by atoms with E-state index in [2.05, 4.69) is 21.0 Å². The van der Waals surface area contributed by atoms with Crippen molar-refractivity contribution in [1.82, 2.24) is 9.78 Å². The van der Waals surface area contributed by atoms with Crippen molar-refractivity contribution in [2.75, 3.05) is 6.54 Å². The molecular weight excluding hydrogens is 206 g/mol. The molecule has 11 heavy (non-hydrogen) atoms. The van der Waals surface area contributed by atoms with Gasteiger partial charge in [0.15, 0.2) is 0 Å². The van der Waals surface area contributed by atoms with E-state index in [9.17, 15) is 0 Å². The highest BCUT2D eigenvalue weighted by molar-refractivity contribution is 9.10. The van der Waals surface area contributed by atoms with Gasteiger partial charge in [0.1, 0.15) is 0 Å². The number of halogens is 1. The van der Waals surface area contributed by atoms with Crippen LogP contribution in [0, 0.1) is 0 Å². The van der Waals surface area contributed by atoms with Gasteiger partial charge in [-0.25, -0.2) is 0 Å². The Kier molecular flexibility index (Phi) is 2.84. The Morgan fingerprint density at radius 3 is 3.00 bits per heavy atom. The summed E-state index contributed by atoms with van der Waals surface area (Å²) < 4.78 is 2.78. The average molecular weight is 216 g/mol. The van der Waals surface area contributed by atoms with Crippen molar-refractivity contribution in [3.8, 4) is 0 Å². The molecule has 0 saturated carbocycles. The van der Waals surface area contributed by atoms with E-state index in [1.165, 1.54) is 0 Å². The Bertz CT molecular complexity index is 245. The third kappa shape index (κ3) is 1.91. The van der Waals surface area contributed by atoms with E-state index < -0.39 is 0 Å². The molecule has 0 bridgehead atoms. The summed E-state index contributed by atoms with van der Waals surface area (Å²) in [6.45, 7) is 0.553. The molecule has 0 saturated heterocycles. The van der Waals surface area contributed by atoms with Gasteiger partial charge in [0.25, 0.3) is 0 Å². The molecule has 2 N–H and O–H groups in total. The summed E-state index contributed by atoms with van der Waals surface area (Å²) in [6, 6.07) is 0. The van der Waals surface area contributed by atoms with E-state index in [1.807, 2.05) is 19.2 Å². The van der Waals surface area contributed by atoms with E-state index in [1.54, 1.807) is 10.9 Å². The van der Waals surface area contributed by atoms with Gasteiger partial charge in [-0.15, -0.1) is 0 Å². The molecule has 0 aliphatic heterocycles. The van der Waals surface area contributed by atoms with Gasteiger partial charge in [-0.1, -0.05) is 6.08 Å². The zero-order valence-electron chi connectivity index (χ0n) is 6.29. The van der Waals surface area contributed by atoms with Crippen molar-refractivity contribution >= 4 is 22.0 Å². The molecule has 1 aromatic heterocycles. The van der Waals surface area contributed by atoms with Crippen molar-refractivity contribution in [1.29, 1.82) is 0 Å². The van der Waals surface area contributed by atoms with Crippen LogP contribution in [0.5, 0.6) is 0 Å². The largest absolute Gasteiger partial charge is 0.327 e. The highest BCUT2D eigenvalue weighted by Crippen LogP contribution is 2.15. The van der Waals surface area contributed by atoms with Crippen molar-refractivity contribution < 1.29 is 0 Å². The maximum absolute atomic E-state index is 5.31. The first-order valence-electron chi connectivity index (χ1n) is 3.30. The van der Waals surface area contributed by atoms with Gasteiger partial charge in [-0.3, -0.25) is 4.68 Å². The van der Waals surface area contributed by atoms with Crippen molar-refractivity contribution in [2.24, 2.45) is 12.8 Å². The van der Waals surface area contributed by atoms with Gasteiger partial charge in [0, 0.05) is 13.6 Å². The van der Waals surface area contributed by atoms with Crippen molar-refractivity contribution in [3.05, 3.63) is 22.4 Å². The van der Waals surface area contributed by atoms with Crippen molar-refractivity contribution in [3.63, 3.8) is 0 Å². The molecule has 0 unspecified atom stereocenters. The first-order chi connectivity index (χ1) is 5.25. The minimum absolute atomic E-state index is 0.553. The molecule has 0 radical (unpaired) electrons. The summed E-state index contributed by atoms with van der Waals surface area (Å²) in [6.07, 6.45) is 5.59. The number of aryl methyl sites for hydroxylation is 1. The highest BCUT2D eigenvalue weighted by Gasteiger charge is 1.99. The van der Waals surface area contributed by atoms with E-state index in [-0.39, 0.29) is 0 Å². The fourth-order valence-electron chi connectivity index (χ4n) is 0.787. The molecule has 1 aromatic rings. The molecule has 0 fully saturated rings. The first-order valence-corrected chi connectivity index (χ1v) is 4.09. The van der Waals surface area contributed by atoms with Gasteiger partial charge < -0.3 is 5.73 Å². The van der Waals surface area contributed by atoms with Gasteiger partial charge >= 0.3 is 0 Å². The minimum Gasteiger partial charge on any atom is -0.327 e. The second-order valence-electron chi connectivity index (χ2n) is 2.14. The Hall–Kier alpha value is -0.610. The molecular formula is C7H10BrN3. The first kappa shape index (κ1) is 8.49. The second-order valence-corrected chi connectivity index (χ2v) is 2.99. The van der Waals surface area contributed by atoms with E-state index in [0.717, 1.165) is 10.2 Å². The summed E-state index contributed by atoms with van der Waals surface area (Å²) in [5, 5.41) is 4.05. The zero-order chi connectivity index (χ0) is 8.27. The summed E-state index contributed by atoms with van der Waals surface area (Å²) >= 11 is 3.37. The van der Waals surface area contributed by atoms with Crippen LogP contribution in [0.25, 0.3) is 6.08 Å². The standard InChI is InChI=1S/C7H10BrN3/c1-11-7(3-2-4-9)6(8)5-10-11/h2-3,5H,4,9H2,1H3/b3-2+. The maximum atomic E-state index is 5.31. The molecule has 60 valence electrons. The third-order valence-corrected chi connectivity index (χ3v) is 1.96. The SMILES string of the molecule is Cn1ncc(Br)c1/C=C/CN. The Morgan fingerprint density at radius 1 is 1.82 bits per heavy atom. The molecule has 3 nitrogen and oxygen atoms in total. The van der Waals surface area contributed by atoms with Gasteiger partial charge in [0.05, 0.1) is 16.4 Å². The highest BCUT2D eigenvalue weighted by atomic mass is 79.9. The predicted molar refractivity (Wildman–Crippen MR) is 49.0 cm³/mol. The van der Waals surface area contributed by atoms with Crippen LogP contribution in [0.2, 0.25) is 0 Å². The number of rotatable bonds is 2. The van der Waals surface area contributed by atoms with Crippen LogP contribution in [0.4, 0.5) is 0 Å². The number of hydrogen-bond acceptors (Lipinski definition) is 2. The number of nitrogens with two attached hydrogens (primary N) is 1. The smallest absolute Gasteiger partial charge is 0.0746 e. The van der Waals surface area contributed by atoms with Crippen LogP contribution in [-0.2, 0) is 7.05 Å². The monoisotopic (exact) mass is 215 g/mol. The lowest BCUT2D eigenvalue weighted by Crippen LogP contribution is -1.95. The van der Waals surface area contributed by atoms with Crippen LogP contribution in [0.15, 0.2) is 16.7 Å². The van der Waals surface area contributed by atoms with Gasteiger partial charge in [-0.2, -0.15) is 5.10 Å². The van der Waals surface area contributed by atoms with Gasteiger partial charge in [0.2, 0.25) is 0 Å². The Labute approximate surface area is 74.0 Å². The van der Waals surface area contributed by atoms with Crippen LogP contribution in [0.3, 0.4) is 0 Å². The average Bonchev–Trinajstić information content (AvgIpc) is 2.29. The van der Waals surface area contributed by atoms with Crippen LogP contribution >= 0.6 is 15.9 Å². The zero-order valence-corrected chi connectivity index (χ0v) is 7.87. The molecule has 0 aromatic carbocycles. The molecule has 0 aliphatic rings. The molecule has 4 heteroatoms. The van der Waals surface area contributed by atoms with Crippen molar-refractivity contribution in [2.45, 2.75) is 0 Å². The quantitative estimate of drug-likeness (QED) is 0.805.